The van der Waals surface area contributed by atoms with Crippen molar-refractivity contribution in [3.63, 3.8) is 0 Å². The number of amides is 1. The fourth-order valence-corrected chi connectivity index (χ4v) is 3.27. The van der Waals surface area contributed by atoms with Gasteiger partial charge in [-0.3, -0.25) is 9.89 Å². The lowest BCUT2D eigenvalue weighted by Gasteiger charge is -2.14. The summed E-state index contributed by atoms with van der Waals surface area (Å²) in [5, 5.41) is 10.7. The number of rotatable bonds is 9. The maximum Gasteiger partial charge on any atom is 0.266 e. The second-order valence-electron chi connectivity index (χ2n) is 7.35. The summed E-state index contributed by atoms with van der Waals surface area (Å²) in [5.74, 6) is 2.74. The van der Waals surface area contributed by atoms with E-state index in [-0.39, 0.29) is 5.91 Å². The molecule has 0 fully saturated rings. The highest BCUT2D eigenvalue weighted by atomic mass is 16.5. The molecule has 0 aliphatic heterocycles. The first-order valence-corrected chi connectivity index (χ1v) is 10.4. The molecule has 0 aliphatic rings. The van der Waals surface area contributed by atoms with Gasteiger partial charge in [0, 0.05) is 11.5 Å². The van der Waals surface area contributed by atoms with Crippen molar-refractivity contribution < 1.29 is 23.7 Å². The van der Waals surface area contributed by atoms with Gasteiger partial charge in [0.2, 0.25) is 0 Å². The summed E-state index contributed by atoms with van der Waals surface area (Å²) in [5.41, 5.74) is 1.68. The summed E-state index contributed by atoms with van der Waals surface area (Å²) in [6.45, 7) is 2.01. The summed E-state index contributed by atoms with van der Waals surface area (Å²) in [6, 6.07) is 20.3. The largest absolute Gasteiger partial charge is 0.497 e. The highest BCUT2D eigenvalue weighted by Crippen LogP contribution is 2.27. The van der Waals surface area contributed by atoms with Gasteiger partial charge in [0.25, 0.3) is 5.91 Å². The first-order valence-electron chi connectivity index (χ1n) is 10.4. The second kappa shape index (κ2) is 9.95. The number of nitrogens with one attached hydrogen (secondary N) is 2. The average molecular weight is 447 g/mol. The van der Waals surface area contributed by atoms with Crippen LogP contribution in [-0.4, -0.2) is 36.4 Å². The predicted octanol–water partition coefficient (Wildman–Crippen LogP) is 4.57. The van der Waals surface area contributed by atoms with E-state index in [0.717, 1.165) is 16.5 Å². The van der Waals surface area contributed by atoms with Gasteiger partial charge >= 0.3 is 0 Å². The molecule has 1 heterocycles. The number of nitrogens with zero attached hydrogens (tertiary/aromatic N) is 1. The highest BCUT2D eigenvalue weighted by molar-refractivity contribution is 6.01. The van der Waals surface area contributed by atoms with Gasteiger partial charge in [-0.05, 0) is 55.0 Å². The molecule has 0 saturated carbocycles. The molecule has 0 spiro atoms. The monoisotopic (exact) mass is 447 g/mol. The molecule has 33 heavy (non-hydrogen) atoms. The lowest BCUT2D eigenvalue weighted by atomic mass is 10.2. The van der Waals surface area contributed by atoms with E-state index >= 15 is 0 Å². The topological polar surface area (TPSA) is 94.7 Å². The van der Waals surface area contributed by atoms with Crippen LogP contribution in [0.4, 0.5) is 5.82 Å². The molecule has 2 N–H and O–H groups in total. The third-order valence-electron chi connectivity index (χ3n) is 5.02. The number of ether oxygens (including phenoxy) is 4. The lowest BCUT2D eigenvalue weighted by molar-refractivity contribution is -0.122. The van der Waals surface area contributed by atoms with E-state index in [4.69, 9.17) is 18.9 Å². The molecule has 0 bridgehead atoms. The molecule has 3 aromatic carbocycles. The van der Waals surface area contributed by atoms with E-state index in [1.54, 1.807) is 39.3 Å². The molecular weight excluding hydrogens is 422 g/mol. The van der Waals surface area contributed by atoms with Crippen molar-refractivity contribution in [3.8, 4) is 23.0 Å². The zero-order valence-electron chi connectivity index (χ0n) is 18.6. The molecule has 4 rings (SSSR count). The van der Waals surface area contributed by atoms with Crippen molar-refractivity contribution in [1.82, 2.24) is 10.2 Å². The van der Waals surface area contributed by atoms with Crippen LogP contribution in [-0.2, 0) is 11.4 Å². The Morgan fingerprint density at radius 3 is 2.36 bits per heavy atom. The van der Waals surface area contributed by atoms with Crippen LogP contribution in [0.25, 0.3) is 10.9 Å². The first kappa shape index (κ1) is 22.0. The fraction of sp³-hybridized carbons (Fsp3) is 0.200. The lowest BCUT2D eigenvalue weighted by Crippen LogP contribution is -2.30. The quantitative estimate of drug-likeness (QED) is 0.390. The predicted molar refractivity (Wildman–Crippen MR) is 125 cm³/mol. The minimum atomic E-state index is -0.693. The SMILES string of the molecule is COc1cc(COc2ccc3[nH]nc(NC(=O)C(C)Oc4ccccc4)c3c2)cc(OC)c1. The van der Waals surface area contributed by atoms with E-state index in [1.807, 2.05) is 48.5 Å². The number of fused-ring (bicyclic) bond motifs is 1. The van der Waals surface area contributed by atoms with Crippen molar-refractivity contribution in [1.29, 1.82) is 0 Å². The van der Waals surface area contributed by atoms with E-state index in [2.05, 4.69) is 15.5 Å². The molecule has 1 atom stereocenters. The van der Waals surface area contributed by atoms with Gasteiger partial charge in [-0.2, -0.15) is 5.10 Å². The van der Waals surface area contributed by atoms with Gasteiger partial charge in [0.05, 0.1) is 19.7 Å². The summed E-state index contributed by atoms with van der Waals surface area (Å²) >= 11 is 0. The van der Waals surface area contributed by atoms with Crippen molar-refractivity contribution >= 4 is 22.6 Å². The fourth-order valence-electron chi connectivity index (χ4n) is 3.27. The Kier molecular flexibility index (Phi) is 6.64. The minimum Gasteiger partial charge on any atom is -0.497 e. The van der Waals surface area contributed by atoms with Crippen LogP contribution in [0.5, 0.6) is 23.0 Å². The molecule has 0 aliphatic carbocycles. The summed E-state index contributed by atoms with van der Waals surface area (Å²) in [6.07, 6.45) is -0.693. The zero-order chi connectivity index (χ0) is 23.2. The van der Waals surface area contributed by atoms with E-state index < -0.39 is 6.10 Å². The van der Waals surface area contributed by atoms with Crippen LogP contribution >= 0.6 is 0 Å². The molecular formula is C25H25N3O5. The number of aromatic amines is 1. The van der Waals surface area contributed by atoms with Crippen molar-refractivity contribution in [2.45, 2.75) is 19.6 Å². The van der Waals surface area contributed by atoms with Crippen LogP contribution in [0.3, 0.4) is 0 Å². The second-order valence-corrected chi connectivity index (χ2v) is 7.35. The van der Waals surface area contributed by atoms with E-state index in [0.29, 0.717) is 35.4 Å². The van der Waals surface area contributed by atoms with E-state index in [1.165, 1.54) is 0 Å². The molecule has 0 radical (unpaired) electrons. The molecule has 4 aromatic rings. The maximum absolute atomic E-state index is 12.6. The van der Waals surface area contributed by atoms with Crippen molar-refractivity contribution in [2.75, 3.05) is 19.5 Å². The van der Waals surface area contributed by atoms with Crippen LogP contribution in [0.2, 0.25) is 0 Å². The van der Waals surface area contributed by atoms with Gasteiger partial charge < -0.3 is 24.3 Å². The molecule has 0 saturated heterocycles. The van der Waals surface area contributed by atoms with Gasteiger partial charge in [0.15, 0.2) is 11.9 Å². The van der Waals surface area contributed by atoms with Crippen LogP contribution in [0.1, 0.15) is 12.5 Å². The van der Waals surface area contributed by atoms with Crippen LogP contribution in [0.15, 0.2) is 66.7 Å². The van der Waals surface area contributed by atoms with Crippen LogP contribution in [0, 0.1) is 0 Å². The van der Waals surface area contributed by atoms with Gasteiger partial charge in [-0.25, -0.2) is 0 Å². The molecule has 170 valence electrons. The molecule has 1 amide bonds. The number of H-pyrrole nitrogens is 1. The number of anilines is 1. The molecule has 1 aromatic heterocycles. The smallest absolute Gasteiger partial charge is 0.266 e. The Bertz CT molecular complexity index is 1220. The Hall–Kier alpha value is -4.20. The number of carbonyl (C=O) groups is 1. The minimum absolute atomic E-state index is 0.304. The maximum atomic E-state index is 12.6. The third kappa shape index (κ3) is 5.35. The third-order valence-corrected chi connectivity index (χ3v) is 5.02. The number of benzene rings is 3. The van der Waals surface area contributed by atoms with Crippen molar-refractivity contribution in [2.24, 2.45) is 0 Å². The Morgan fingerprint density at radius 2 is 1.67 bits per heavy atom. The Morgan fingerprint density at radius 1 is 0.939 bits per heavy atom. The number of carbonyl (C=O) groups excluding carboxylic acids is 1. The Labute approximate surface area is 191 Å². The number of hydrogen-bond acceptors (Lipinski definition) is 6. The Balaban J connectivity index is 1.45. The summed E-state index contributed by atoms with van der Waals surface area (Å²) < 4.78 is 22.3. The summed E-state index contributed by atoms with van der Waals surface area (Å²) in [7, 11) is 3.21. The number of para-hydroxylation sites is 1. The van der Waals surface area contributed by atoms with Gasteiger partial charge in [-0.15, -0.1) is 0 Å². The number of methoxy groups -OCH3 is 2. The number of hydrogen-bond donors (Lipinski definition) is 2. The molecule has 8 nitrogen and oxygen atoms in total. The molecule has 1 unspecified atom stereocenters. The van der Waals surface area contributed by atoms with Gasteiger partial charge in [-0.1, -0.05) is 18.2 Å². The number of aromatic nitrogens is 2. The van der Waals surface area contributed by atoms with Crippen molar-refractivity contribution in [3.05, 3.63) is 72.3 Å². The van der Waals surface area contributed by atoms with E-state index in [9.17, 15) is 4.79 Å². The van der Waals surface area contributed by atoms with Gasteiger partial charge in [0.1, 0.15) is 29.6 Å². The van der Waals surface area contributed by atoms with Crippen LogP contribution < -0.4 is 24.3 Å². The normalized spacial score (nSPS) is 11.6. The molecule has 8 heteroatoms. The summed E-state index contributed by atoms with van der Waals surface area (Å²) in [4.78, 5) is 12.6. The highest BCUT2D eigenvalue weighted by Gasteiger charge is 2.18. The first-order chi connectivity index (χ1) is 16.1. The standard InChI is InChI=1S/C25H25N3O5/c1-16(33-18-7-5-4-6-8-18)25(29)26-24-22-14-19(9-10-23(22)27-28-24)32-15-17-11-20(30-2)13-21(12-17)31-3/h4-14,16H,15H2,1-3H3,(H2,26,27,28,29). The average Bonchev–Trinajstić information content (AvgIpc) is 3.24. The zero-order valence-corrected chi connectivity index (χ0v) is 18.6.